The van der Waals surface area contributed by atoms with Crippen LogP contribution in [0, 0.1) is 6.92 Å². The van der Waals surface area contributed by atoms with Gasteiger partial charge in [-0.15, -0.1) is 0 Å². The van der Waals surface area contributed by atoms with Gasteiger partial charge in [0, 0.05) is 25.3 Å². The van der Waals surface area contributed by atoms with Crippen LogP contribution >= 0.6 is 0 Å². The molecule has 1 aromatic heterocycles. The molecule has 2 N–H and O–H groups in total. The maximum absolute atomic E-state index is 6.06. The summed E-state index contributed by atoms with van der Waals surface area (Å²) in [6.45, 7) is 4.10. The fourth-order valence-electron chi connectivity index (χ4n) is 2.42. The molecular weight excluding hydrogens is 212 g/mol. The van der Waals surface area contributed by atoms with Gasteiger partial charge in [-0.05, 0) is 45.5 Å². The van der Waals surface area contributed by atoms with Crippen LogP contribution in [0.3, 0.4) is 0 Å². The lowest BCUT2D eigenvalue weighted by atomic mass is 10.0. The van der Waals surface area contributed by atoms with E-state index in [0.717, 1.165) is 30.2 Å². The highest BCUT2D eigenvalue weighted by atomic mass is 15.2. The van der Waals surface area contributed by atoms with E-state index in [-0.39, 0.29) is 0 Å². The Balaban J connectivity index is 2.16. The molecule has 0 aromatic carbocycles. The Morgan fingerprint density at radius 2 is 2.24 bits per heavy atom. The fourth-order valence-corrected chi connectivity index (χ4v) is 2.42. The molecule has 0 bridgehead atoms. The summed E-state index contributed by atoms with van der Waals surface area (Å²) in [7, 11) is 4.28. The first-order valence-electron chi connectivity index (χ1n) is 6.21. The van der Waals surface area contributed by atoms with Gasteiger partial charge in [-0.25, -0.2) is 4.98 Å². The molecule has 17 heavy (non-hydrogen) atoms. The molecule has 2 rings (SSSR count). The molecule has 0 saturated carbocycles. The van der Waals surface area contributed by atoms with Crippen LogP contribution in [0.1, 0.15) is 18.4 Å². The summed E-state index contributed by atoms with van der Waals surface area (Å²) < 4.78 is 0. The van der Waals surface area contributed by atoms with Gasteiger partial charge in [0.2, 0.25) is 0 Å². The third-order valence-electron chi connectivity index (χ3n) is 3.46. The molecule has 4 nitrogen and oxygen atoms in total. The maximum atomic E-state index is 6.06. The van der Waals surface area contributed by atoms with E-state index in [1.807, 2.05) is 19.2 Å². The van der Waals surface area contributed by atoms with E-state index in [4.69, 9.17) is 5.73 Å². The molecule has 0 radical (unpaired) electrons. The minimum absolute atomic E-state index is 0.603. The van der Waals surface area contributed by atoms with E-state index in [1.165, 1.54) is 12.8 Å². The first kappa shape index (κ1) is 12.2. The zero-order valence-electron chi connectivity index (χ0n) is 11.0. The number of hydrogen-bond donors (Lipinski definition) is 1. The van der Waals surface area contributed by atoms with Crippen molar-refractivity contribution in [3.8, 4) is 0 Å². The highest BCUT2D eigenvalue weighted by Gasteiger charge is 2.23. The quantitative estimate of drug-likeness (QED) is 0.842. The number of likely N-dealkylation sites (N-methyl/N-ethyl adjacent to an activating group) is 1. The summed E-state index contributed by atoms with van der Waals surface area (Å²) in [4.78, 5) is 9.07. The van der Waals surface area contributed by atoms with E-state index in [0.29, 0.717) is 6.04 Å². The number of hydrogen-bond acceptors (Lipinski definition) is 4. The lowest BCUT2D eigenvalue weighted by Crippen LogP contribution is -2.45. The van der Waals surface area contributed by atoms with E-state index < -0.39 is 0 Å². The predicted octanol–water partition coefficient (Wildman–Crippen LogP) is 1.50. The summed E-state index contributed by atoms with van der Waals surface area (Å²) in [5.41, 5.74) is 7.97. The fraction of sp³-hybridized carbons (Fsp3) is 0.615. The Hall–Kier alpha value is -1.29. The van der Waals surface area contributed by atoms with E-state index >= 15 is 0 Å². The third kappa shape index (κ3) is 2.69. The molecule has 1 aliphatic heterocycles. The molecule has 4 heteroatoms. The Morgan fingerprint density at radius 1 is 1.47 bits per heavy atom. The van der Waals surface area contributed by atoms with Crippen molar-refractivity contribution in [2.24, 2.45) is 0 Å². The van der Waals surface area contributed by atoms with Crippen molar-refractivity contribution in [1.29, 1.82) is 0 Å². The number of rotatable bonds is 2. The Labute approximate surface area is 103 Å². The van der Waals surface area contributed by atoms with Crippen LogP contribution < -0.4 is 10.6 Å². The highest BCUT2D eigenvalue weighted by molar-refractivity contribution is 5.63. The minimum atomic E-state index is 0.603. The number of anilines is 2. The van der Waals surface area contributed by atoms with Crippen LogP contribution in [0.25, 0.3) is 0 Å². The number of pyridine rings is 1. The van der Waals surface area contributed by atoms with Gasteiger partial charge in [0.25, 0.3) is 0 Å². The zero-order valence-corrected chi connectivity index (χ0v) is 11.0. The molecule has 2 heterocycles. The van der Waals surface area contributed by atoms with Crippen molar-refractivity contribution in [2.45, 2.75) is 25.8 Å². The largest absolute Gasteiger partial charge is 0.396 e. The summed E-state index contributed by atoms with van der Waals surface area (Å²) >= 11 is 0. The van der Waals surface area contributed by atoms with Gasteiger partial charge in [0.05, 0.1) is 5.69 Å². The van der Waals surface area contributed by atoms with Crippen molar-refractivity contribution < 1.29 is 0 Å². The molecule has 1 unspecified atom stereocenters. The van der Waals surface area contributed by atoms with Gasteiger partial charge < -0.3 is 15.5 Å². The smallest absolute Gasteiger partial charge is 0.151 e. The van der Waals surface area contributed by atoms with Crippen molar-refractivity contribution in [1.82, 2.24) is 9.88 Å². The molecule has 1 saturated heterocycles. The van der Waals surface area contributed by atoms with Crippen LogP contribution in [-0.2, 0) is 0 Å². The highest BCUT2D eigenvalue weighted by Crippen LogP contribution is 2.25. The number of aromatic nitrogens is 1. The second-order valence-corrected chi connectivity index (χ2v) is 5.13. The topological polar surface area (TPSA) is 45.4 Å². The molecular formula is C13H22N4. The summed E-state index contributed by atoms with van der Waals surface area (Å²) in [6.07, 6.45) is 4.36. The summed E-state index contributed by atoms with van der Waals surface area (Å²) in [5, 5.41) is 0. The number of nitrogens with zero attached hydrogens (tertiary/aromatic N) is 3. The molecule has 0 aliphatic carbocycles. The number of nitrogens with two attached hydrogens (primary N) is 1. The van der Waals surface area contributed by atoms with Gasteiger partial charge in [-0.2, -0.15) is 0 Å². The molecule has 0 spiro atoms. The van der Waals surface area contributed by atoms with Crippen molar-refractivity contribution in [3.63, 3.8) is 0 Å². The van der Waals surface area contributed by atoms with Crippen LogP contribution in [0.15, 0.2) is 12.3 Å². The Kier molecular flexibility index (Phi) is 3.52. The minimum Gasteiger partial charge on any atom is -0.396 e. The average molecular weight is 234 g/mol. The summed E-state index contributed by atoms with van der Waals surface area (Å²) in [6, 6.07) is 2.60. The lowest BCUT2D eigenvalue weighted by Gasteiger charge is -2.37. The Bertz CT molecular complexity index is 389. The molecule has 1 aliphatic rings. The van der Waals surface area contributed by atoms with Gasteiger partial charge in [-0.1, -0.05) is 0 Å². The third-order valence-corrected chi connectivity index (χ3v) is 3.46. The van der Waals surface area contributed by atoms with E-state index in [1.54, 1.807) is 0 Å². The SMILES string of the molecule is Cc1cnc(N2CCCC(N(C)C)C2)c(N)c1. The molecule has 1 atom stereocenters. The standard InChI is InChI=1S/C13H22N4/c1-10-7-12(14)13(15-8-10)17-6-4-5-11(9-17)16(2)3/h7-8,11H,4-6,9,14H2,1-3H3. The van der Waals surface area contributed by atoms with Crippen molar-refractivity contribution >= 4 is 11.5 Å². The maximum Gasteiger partial charge on any atom is 0.151 e. The normalized spacial score (nSPS) is 20.9. The van der Waals surface area contributed by atoms with Crippen LogP contribution in [0.4, 0.5) is 11.5 Å². The van der Waals surface area contributed by atoms with E-state index in [2.05, 4.69) is 28.9 Å². The number of aryl methyl sites for hydroxylation is 1. The zero-order chi connectivity index (χ0) is 12.4. The van der Waals surface area contributed by atoms with Crippen molar-refractivity contribution in [3.05, 3.63) is 17.8 Å². The second kappa shape index (κ2) is 4.92. The van der Waals surface area contributed by atoms with Gasteiger partial charge in [0.1, 0.15) is 0 Å². The number of piperidine rings is 1. The van der Waals surface area contributed by atoms with Crippen molar-refractivity contribution in [2.75, 3.05) is 37.8 Å². The molecule has 94 valence electrons. The van der Waals surface area contributed by atoms with Crippen LogP contribution in [0.2, 0.25) is 0 Å². The predicted molar refractivity (Wildman–Crippen MR) is 72.3 cm³/mol. The second-order valence-electron chi connectivity index (χ2n) is 5.13. The molecule has 1 aromatic rings. The first-order chi connectivity index (χ1) is 8.08. The van der Waals surface area contributed by atoms with Gasteiger partial charge in [0.15, 0.2) is 5.82 Å². The Morgan fingerprint density at radius 3 is 2.88 bits per heavy atom. The summed E-state index contributed by atoms with van der Waals surface area (Å²) in [5.74, 6) is 0.946. The van der Waals surface area contributed by atoms with Gasteiger partial charge in [-0.3, -0.25) is 0 Å². The van der Waals surface area contributed by atoms with Gasteiger partial charge >= 0.3 is 0 Å². The molecule has 0 amide bonds. The van der Waals surface area contributed by atoms with E-state index in [9.17, 15) is 0 Å². The first-order valence-corrected chi connectivity index (χ1v) is 6.21. The van der Waals surface area contributed by atoms with Crippen LogP contribution in [0.5, 0.6) is 0 Å². The lowest BCUT2D eigenvalue weighted by molar-refractivity contribution is 0.257. The molecule has 1 fully saturated rings. The monoisotopic (exact) mass is 234 g/mol. The average Bonchev–Trinajstić information content (AvgIpc) is 2.29. The number of nitrogen functional groups attached to an aromatic ring is 1. The van der Waals surface area contributed by atoms with Crippen LogP contribution in [-0.4, -0.2) is 43.1 Å².